The molecule has 0 unspecified atom stereocenters. The summed E-state index contributed by atoms with van der Waals surface area (Å²) in [5.74, 6) is 0.192. The molecule has 0 spiro atoms. The first-order valence-electron chi connectivity index (χ1n) is 9.29. The fraction of sp³-hybridized carbons (Fsp3) is 0.500. The van der Waals surface area contributed by atoms with Crippen molar-refractivity contribution in [1.29, 1.82) is 0 Å². The number of benzene rings is 1. The van der Waals surface area contributed by atoms with E-state index in [4.69, 9.17) is 16.3 Å². The number of alkyl carbamates (subject to hydrolysis) is 1. The van der Waals surface area contributed by atoms with Crippen LogP contribution in [0, 0.1) is 0 Å². The first-order chi connectivity index (χ1) is 13.4. The number of nitrogens with one attached hydrogen (secondary N) is 1. The van der Waals surface area contributed by atoms with Crippen LogP contribution in [0.3, 0.4) is 0 Å². The minimum atomic E-state index is -0.661. The van der Waals surface area contributed by atoms with Crippen LogP contribution in [0.5, 0.6) is 0 Å². The van der Waals surface area contributed by atoms with E-state index in [0.29, 0.717) is 11.3 Å². The molecule has 1 atom stereocenters. The summed E-state index contributed by atoms with van der Waals surface area (Å²) < 4.78 is 6.68. The van der Waals surface area contributed by atoms with Gasteiger partial charge in [0.15, 0.2) is 0 Å². The Balaban J connectivity index is 2.48. The van der Waals surface area contributed by atoms with Gasteiger partial charge in [0.05, 0.1) is 22.0 Å². The van der Waals surface area contributed by atoms with Gasteiger partial charge in [-0.15, -0.1) is 0 Å². The number of fused-ring (bicyclic) bond motifs is 1. The molecule has 1 N–H and O–H groups in total. The molecule has 0 aliphatic heterocycles. The number of ether oxygens (including phenoxy) is 1. The van der Waals surface area contributed by atoms with Crippen molar-refractivity contribution in [2.45, 2.75) is 52.3 Å². The van der Waals surface area contributed by atoms with Crippen LogP contribution in [0.15, 0.2) is 23.0 Å². The molecule has 0 bridgehead atoms. The topological polar surface area (TPSA) is 93.5 Å². The number of carbonyl (C=O) groups is 2. The van der Waals surface area contributed by atoms with Gasteiger partial charge in [0.25, 0.3) is 5.56 Å². The van der Waals surface area contributed by atoms with Crippen molar-refractivity contribution in [3.05, 3.63) is 39.4 Å². The number of aromatic nitrogens is 2. The molecule has 8 nitrogen and oxygen atoms in total. The molecule has 2 amide bonds. The molecule has 1 aromatic carbocycles. The molecule has 0 saturated carbocycles. The average Bonchev–Trinajstić information content (AvgIpc) is 2.58. The van der Waals surface area contributed by atoms with Gasteiger partial charge in [-0.05, 0) is 39.8 Å². The maximum absolute atomic E-state index is 13.1. The third-order valence-corrected chi connectivity index (χ3v) is 4.45. The fourth-order valence-corrected chi connectivity index (χ4v) is 3.02. The van der Waals surface area contributed by atoms with E-state index in [-0.39, 0.29) is 34.8 Å². The number of hydrogen-bond donors (Lipinski definition) is 1. The van der Waals surface area contributed by atoms with Crippen LogP contribution >= 0.6 is 11.6 Å². The lowest BCUT2D eigenvalue weighted by molar-refractivity contribution is -0.128. The summed E-state index contributed by atoms with van der Waals surface area (Å²) in [6.45, 7) is 7.09. The maximum atomic E-state index is 13.1. The molecule has 0 radical (unpaired) electrons. The fourth-order valence-electron chi connectivity index (χ4n) is 2.77. The van der Waals surface area contributed by atoms with Crippen molar-refractivity contribution >= 4 is 34.5 Å². The Morgan fingerprint density at radius 2 is 1.97 bits per heavy atom. The molecule has 0 fully saturated rings. The number of hydrogen-bond acceptors (Lipinski definition) is 5. The number of amides is 2. The molecule has 29 heavy (non-hydrogen) atoms. The third kappa shape index (κ3) is 5.69. The summed E-state index contributed by atoms with van der Waals surface area (Å²) in [7, 11) is 3.29. The van der Waals surface area contributed by atoms with Crippen LogP contribution in [0.1, 0.15) is 46.0 Å². The van der Waals surface area contributed by atoms with Crippen molar-refractivity contribution in [1.82, 2.24) is 19.8 Å². The highest BCUT2D eigenvalue weighted by molar-refractivity contribution is 6.35. The van der Waals surface area contributed by atoms with E-state index in [0.717, 1.165) is 0 Å². The summed E-state index contributed by atoms with van der Waals surface area (Å²) in [6, 6.07) is 4.37. The number of rotatable bonds is 5. The first-order valence-corrected chi connectivity index (χ1v) is 9.67. The zero-order chi connectivity index (χ0) is 21.9. The minimum absolute atomic E-state index is 0.108. The van der Waals surface area contributed by atoms with Gasteiger partial charge in [-0.3, -0.25) is 14.2 Å². The number of nitrogens with zero attached hydrogens (tertiary/aromatic N) is 3. The smallest absolute Gasteiger partial charge is 0.408 e. The molecule has 158 valence electrons. The Hall–Kier alpha value is -2.61. The Kier molecular flexibility index (Phi) is 6.89. The maximum Gasteiger partial charge on any atom is 0.408 e. The summed E-state index contributed by atoms with van der Waals surface area (Å²) >= 11 is 6.22. The summed E-state index contributed by atoms with van der Waals surface area (Å²) in [6.07, 6.45) is -0.516. The molecule has 0 saturated heterocycles. The lowest BCUT2D eigenvalue weighted by Gasteiger charge is -2.23. The Morgan fingerprint density at radius 1 is 1.31 bits per heavy atom. The second-order valence-electron chi connectivity index (χ2n) is 7.97. The SMILES string of the molecule is C[C@H](NC(=O)OC(C)(C)C)c1nc2cccc(Cl)c2c(=O)n1CCC(=O)N(C)C. The van der Waals surface area contributed by atoms with E-state index in [1.807, 2.05) is 0 Å². The lowest BCUT2D eigenvalue weighted by Crippen LogP contribution is -2.37. The van der Waals surface area contributed by atoms with E-state index in [2.05, 4.69) is 10.3 Å². The molecule has 0 aliphatic carbocycles. The van der Waals surface area contributed by atoms with Crippen LogP contribution in [0.2, 0.25) is 5.02 Å². The molecule has 2 rings (SSSR count). The van der Waals surface area contributed by atoms with E-state index in [1.54, 1.807) is 60.0 Å². The second kappa shape index (κ2) is 8.82. The van der Waals surface area contributed by atoms with Crippen LogP contribution in [0.25, 0.3) is 10.9 Å². The summed E-state index contributed by atoms with van der Waals surface area (Å²) in [5.41, 5.74) is -0.600. The highest BCUT2D eigenvalue weighted by atomic mass is 35.5. The highest BCUT2D eigenvalue weighted by Crippen LogP contribution is 2.21. The Labute approximate surface area is 174 Å². The van der Waals surface area contributed by atoms with Crippen LogP contribution in [-0.2, 0) is 16.1 Å². The van der Waals surface area contributed by atoms with Crippen molar-refractivity contribution in [3.63, 3.8) is 0 Å². The molecule has 1 aromatic heterocycles. The van der Waals surface area contributed by atoms with Crippen molar-refractivity contribution in [2.75, 3.05) is 14.1 Å². The van der Waals surface area contributed by atoms with Gasteiger partial charge in [-0.2, -0.15) is 0 Å². The van der Waals surface area contributed by atoms with Crippen LogP contribution in [-0.4, -0.2) is 46.1 Å². The molecule has 9 heteroatoms. The van der Waals surface area contributed by atoms with Gasteiger partial charge in [-0.25, -0.2) is 9.78 Å². The largest absolute Gasteiger partial charge is 0.444 e. The minimum Gasteiger partial charge on any atom is -0.444 e. The monoisotopic (exact) mass is 422 g/mol. The van der Waals surface area contributed by atoms with Gasteiger partial charge < -0.3 is 15.0 Å². The van der Waals surface area contributed by atoms with Gasteiger partial charge in [0, 0.05) is 27.1 Å². The molecule has 1 heterocycles. The van der Waals surface area contributed by atoms with E-state index in [1.165, 1.54) is 9.47 Å². The number of carbonyl (C=O) groups excluding carboxylic acids is 2. The molecular weight excluding hydrogens is 396 g/mol. The van der Waals surface area contributed by atoms with Gasteiger partial charge in [0.1, 0.15) is 11.4 Å². The van der Waals surface area contributed by atoms with E-state index >= 15 is 0 Å². The third-order valence-electron chi connectivity index (χ3n) is 4.13. The second-order valence-corrected chi connectivity index (χ2v) is 8.37. The predicted octanol–water partition coefficient (Wildman–Crippen LogP) is 3.11. The summed E-state index contributed by atoms with van der Waals surface area (Å²) in [5, 5.41) is 3.26. The van der Waals surface area contributed by atoms with Gasteiger partial charge in [0.2, 0.25) is 5.91 Å². The quantitative estimate of drug-likeness (QED) is 0.798. The number of halogens is 1. The normalized spacial score (nSPS) is 12.5. The first kappa shape index (κ1) is 22.7. The highest BCUT2D eigenvalue weighted by Gasteiger charge is 2.23. The van der Waals surface area contributed by atoms with Crippen molar-refractivity contribution in [3.8, 4) is 0 Å². The van der Waals surface area contributed by atoms with Crippen LogP contribution in [0.4, 0.5) is 4.79 Å². The average molecular weight is 423 g/mol. The van der Waals surface area contributed by atoms with E-state index in [9.17, 15) is 14.4 Å². The standard InChI is InChI=1S/C20H27ClN4O4/c1-12(22-19(28)29-20(2,3)4)17-23-14-9-7-8-13(21)16(14)18(27)25(17)11-10-15(26)24(5)6/h7-9,12H,10-11H2,1-6H3,(H,22,28)/t12-/m0/s1. The Bertz CT molecular complexity index is 979. The van der Waals surface area contributed by atoms with Crippen molar-refractivity contribution in [2.24, 2.45) is 0 Å². The van der Waals surface area contributed by atoms with Gasteiger partial charge >= 0.3 is 6.09 Å². The Morgan fingerprint density at radius 3 is 2.55 bits per heavy atom. The molecule has 0 aliphatic rings. The van der Waals surface area contributed by atoms with Gasteiger partial charge in [-0.1, -0.05) is 17.7 Å². The lowest BCUT2D eigenvalue weighted by atomic mass is 10.2. The zero-order valence-electron chi connectivity index (χ0n) is 17.6. The molecule has 2 aromatic rings. The molecular formula is C20H27ClN4O4. The van der Waals surface area contributed by atoms with Crippen molar-refractivity contribution < 1.29 is 14.3 Å². The summed E-state index contributed by atoms with van der Waals surface area (Å²) in [4.78, 5) is 43.4. The zero-order valence-corrected chi connectivity index (χ0v) is 18.3. The van der Waals surface area contributed by atoms with Crippen LogP contribution < -0.4 is 10.9 Å². The van der Waals surface area contributed by atoms with E-state index < -0.39 is 17.7 Å². The predicted molar refractivity (Wildman–Crippen MR) is 112 cm³/mol.